The van der Waals surface area contributed by atoms with E-state index in [0.717, 1.165) is 12.3 Å². The molecule has 0 fully saturated rings. The first-order valence-corrected chi connectivity index (χ1v) is 3.09. The summed E-state index contributed by atoms with van der Waals surface area (Å²) >= 11 is 0. The molecule has 0 spiro atoms. The first kappa shape index (κ1) is 8.97. The third-order valence-corrected chi connectivity index (χ3v) is 1.22. The summed E-state index contributed by atoms with van der Waals surface area (Å²) in [6, 6.07) is 1.10. The van der Waals surface area contributed by atoms with Crippen LogP contribution in [0.3, 0.4) is 0 Å². The van der Waals surface area contributed by atoms with E-state index < -0.39 is 16.6 Å². The summed E-state index contributed by atoms with van der Waals surface area (Å²) in [5.74, 6) is -0.179. The van der Waals surface area contributed by atoms with Gasteiger partial charge in [-0.15, -0.1) is 10.1 Å². The monoisotopic (exact) mass is 188 g/mol. The summed E-state index contributed by atoms with van der Waals surface area (Å²) in [6.07, 6.45) is 1.07. The standard InChI is InChI=1S/C5H4N2O6/c8-6(9)4-1-2-12-5(4)3-13-7(10)11/h1-2H,3H2. The molecule has 0 aromatic carbocycles. The molecule has 1 rings (SSSR count). The van der Waals surface area contributed by atoms with Crippen molar-refractivity contribution >= 4 is 5.69 Å². The van der Waals surface area contributed by atoms with E-state index in [0.29, 0.717) is 0 Å². The van der Waals surface area contributed by atoms with Crippen LogP contribution < -0.4 is 0 Å². The molecule has 0 N–H and O–H groups in total. The summed E-state index contributed by atoms with van der Waals surface area (Å²) < 4.78 is 4.61. The van der Waals surface area contributed by atoms with Gasteiger partial charge >= 0.3 is 5.69 Å². The Hall–Kier alpha value is -2.12. The minimum Gasteiger partial charge on any atom is -0.460 e. The summed E-state index contributed by atoms with van der Waals surface area (Å²) in [5, 5.41) is 18.9. The number of nitro groups is 1. The molecule has 0 saturated carbocycles. The van der Waals surface area contributed by atoms with Gasteiger partial charge in [-0.25, -0.2) is 0 Å². The van der Waals surface area contributed by atoms with Crippen LogP contribution in [0, 0.1) is 20.2 Å². The first-order valence-electron chi connectivity index (χ1n) is 3.09. The van der Waals surface area contributed by atoms with Crippen molar-refractivity contribution < 1.29 is 19.3 Å². The predicted octanol–water partition coefficient (Wildman–Crippen LogP) is 0.896. The highest BCUT2D eigenvalue weighted by Gasteiger charge is 2.17. The van der Waals surface area contributed by atoms with E-state index in [-0.39, 0.29) is 11.4 Å². The van der Waals surface area contributed by atoms with Gasteiger partial charge in [0.2, 0.25) is 5.76 Å². The second-order valence-electron chi connectivity index (χ2n) is 1.98. The Morgan fingerprint density at radius 3 is 2.69 bits per heavy atom. The molecule has 1 aromatic heterocycles. The Morgan fingerprint density at radius 1 is 1.46 bits per heavy atom. The maximum atomic E-state index is 10.2. The van der Waals surface area contributed by atoms with Gasteiger partial charge in [0.25, 0.3) is 5.09 Å². The maximum absolute atomic E-state index is 10.2. The minimum absolute atomic E-state index is 0.179. The quantitative estimate of drug-likeness (QED) is 0.512. The Morgan fingerprint density at radius 2 is 2.15 bits per heavy atom. The molecule has 1 heterocycles. The van der Waals surface area contributed by atoms with Gasteiger partial charge in [-0.05, 0) is 0 Å². The predicted molar refractivity (Wildman–Crippen MR) is 37.1 cm³/mol. The molecule has 0 amide bonds. The molecule has 0 aliphatic heterocycles. The van der Waals surface area contributed by atoms with Crippen LogP contribution in [0.1, 0.15) is 5.76 Å². The highest BCUT2D eigenvalue weighted by molar-refractivity contribution is 5.31. The lowest BCUT2D eigenvalue weighted by atomic mass is 10.4. The van der Waals surface area contributed by atoms with Gasteiger partial charge in [-0.2, -0.15) is 0 Å². The van der Waals surface area contributed by atoms with E-state index in [2.05, 4.69) is 9.25 Å². The topological polar surface area (TPSA) is 109 Å². The number of hydrogen-bond donors (Lipinski definition) is 0. The van der Waals surface area contributed by atoms with Gasteiger partial charge in [-0.3, -0.25) is 10.1 Å². The maximum Gasteiger partial charge on any atom is 0.312 e. The normalized spacial score (nSPS) is 9.54. The molecule has 0 aliphatic rings. The summed E-state index contributed by atoms with van der Waals surface area (Å²) in [5.41, 5.74) is -0.332. The zero-order valence-corrected chi connectivity index (χ0v) is 6.21. The van der Waals surface area contributed by atoms with Gasteiger partial charge in [0.15, 0.2) is 6.61 Å². The third-order valence-electron chi connectivity index (χ3n) is 1.22. The molecule has 0 radical (unpaired) electrons. The summed E-state index contributed by atoms with van der Waals surface area (Å²) in [4.78, 5) is 23.2. The molecule has 8 heteroatoms. The fraction of sp³-hybridized carbons (Fsp3) is 0.200. The van der Waals surface area contributed by atoms with Crippen LogP contribution in [0.15, 0.2) is 16.7 Å². The fourth-order valence-electron chi connectivity index (χ4n) is 0.716. The van der Waals surface area contributed by atoms with E-state index in [4.69, 9.17) is 0 Å². The SMILES string of the molecule is O=[N+]([O-])OCc1occc1[N+](=O)[O-]. The lowest BCUT2D eigenvalue weighted by Crippen LogP contribution is -2.01. The number of hydrogen-bond acceptors (Lipinski definition) is 6. The van der Waals surface area contributed by atoms with Crippen LogP contribution in [0.4, 0.5) is 5.69 Å². The Labute approximate surface area is 71.0 Å². The van der Waals surface area contributed by atoms with Gasteiger partial charge in [0.05, 0.1) is 17.3 Å². The van der Waals surface area contributed by atoms with E-state index >= 15 is 0 Å². The number of furan rings is 1. The molecule has 0 saturated heterocycles. The van der Waals surface area contributed by atoms with Gasteiger partial charge < -0.3 is 9.25 Å². The van der Waals surface area contributed by atoms with Gasteiger partial charge in [0, 0.05) is 0 Å². The van der Waals surface area contributed by atoms with Crippen LogP contribution in [0.25, 0.3) is 0 Å². The first-order chi connectivity index (χ1) is 6.11. The van der Waals surface area contributed by atoms with Crippen LogP contribution in [-0.4, -0.2) is 10.0 Å². The third kappa shape index (κ3) is 2.15. The van der Waals surface area contributed by atoms with Crippen molar-refractivity contribution in [3.8, 4) is 0 Å². The summed E-state index contributed by atoms with van der Waals surface area (Å²) in [6.45, 7) is -0.559. The van der Waals surface area contributed by atoms with Crippen molar-refractivity contribution in [2.75, 3.05) is 0 Å². The highest BCUT2D eigenvalue weighted by atomic mass is 17.0. The summed E-state index contributed by atoms with van der Waals surface area (Å²) in [7, 11) is 0. The van der Waals surface area contributed by atoms with Crippen molar-refractivity contribution in [2.24, 2.45) is 0 Å². The molecule has 1 aromatic rings. The van der Waals surface area contributed by atoms with Crippen molar-refractivity contribution in [3.05, 3.63) is 38.3 Å². The molecule has 0 bridgehead atoms. The lowest BCUT2D eigenvalue weighted by molar-refractivity contribution is -0.763. The Bertz CT molecular complexity index is 332. The molecule has 0 atom stereocenters. The zero-order chi connectivity index (χ0) is 9.84. The van der Waals surface area contributed by atoms with E-state index in [1.807, 2.05) is 0 Å². The van der Waals surface area contributed by atoms with E-state index in [1.54, 1.807) is 0 Å². The molecular weight excluding hydrogens is 184 g/mol. The molecular formula is C5H4N2O6. The minimum atomic E-state index is -1.05. The number of nitrogens with zero attached hydrogens (tertiary/aromatic N) is 2. The van der Waals surface area contributed by atoms with Crippen LogP contribution >= 0.6 is 0 Å². The average Bonchev–Trinajstić information content (AvgIpc) is 2.47. The molecule has 13 heavy (non-hydrogen) atoms. The largest absolute Gasteiger partial charge is 0.460 e. The average molecular weight is 188 g/mol. The van der Waals surface area contributed by atoms with Gasteiger partial charge in [0.1, 0.15) is 0 Å². The fourth-order valence-corrected chi connectivity index (χ4v) is 0.716. The Balaban J connectivity index is 2.71. The van der Waals surface area contributed by atoms with Crippen LogP contribution in [-0.2, 0) is 11.4 Å². The van der Waals surface area contributed by atoms with Gasteiger partial charge in [-0.1, -0.05) is 0 Å². The highest BCUT2D eigenvalue weighted by Crippen LogP contribution is 2.19. The van der Waals surface area contributed by atoms with Crippen molar-refractivity contribution in [2.45, 2.75) is 6.61 Å². The van der Waals surface area contributed by atoms with E-state index in [9.17, 15) is 20.2 Å². The van der Waals surface area contributed by atoms with Crippen LogP contribution in [0.5, 0.6) is 0 Å². The van der Waals surface area contributed by atoms with Crippen molar-refractivity contribution in [3.63, 3.8) is 0 Å². The Kier molecular flexibility index (Phi) is 2.43. The molecule has 0 unspecified atom stereocenters. The molecule has 0 aliphatic carbocycles. The second kappa shape index (κ2) is 3.52. The van der Waals surface area contributed by atoms with Crippen molar-refractivity contribution in [1.82, 2.24) is 0 Å². The smallest absolute Gasteiger partial charge is 0.312 e. The second-order valence-corrected chi connectivity index (χ2v) is 1.98. The lowest BCUT2D eigenvalue weighted by Gasteiger charge is -1.93. The van der Waals surface area contributed by atoms with Crippen molar-refractivity contribution in [1.29, 1.82) is 0 Å². The molecule has 8 nitrogen and oxygen atoms in total. The zero-order valence-electron chi connectivity index (χ0n) is 6.21. The number of rotatable bonds is 4. The van der Waals surface area contributed by atoms with Crippen LogP contribution in [0.2, 0.25) is 0 Å². The molecule has 70 valence electrons. The van der Waals surface area contributed by atoms with E-state index in [1.165, 1.54) is 0 Å².